The van der Waals surface area contributed by atoms with E-state index in [1.54, 1.807) is 6.92 Å². The molecule has 0 radical (unpaired) electrons. The Morgan fingerprint density at radius 3 is 2.90 bits per heavy atom. The van der Waals surface area contributed by atoms with Gasteiger partial charge in [0.05, 0.1) is 5.75 Å². The van der Waals surface area contributed by atoms with E-state index in [4.69, 9.17) is 4.84 Å². The normalized spacial score (nSPS) is 23.7. The van der Waals surface area contributed by atoms with Gasteiger partial charge in [-0.3, -0.25) is 19.2 Å². The third kappa shape index (κ3) is 3.93. The number of aromatic nitrogens is 1. The first-order valence-corrected chi connectivity index (χ1v) is 10.2. The zero-order chi connectivity index (χ0) is 21.1. The van der Waals surface area contributed by atoms with Gasteiger partial charge in [-0.25, -0.2) is 9.78 Å². The monoisotopic (exact) mass is 441 g/mol. The van der Waals surface area contributed by atoms with Gasteiger partial charge in [0, 0.05) is 5.38 Å². The van der Waals surface area contributed by atoms with Crippen molar-refractivity contribution in [1.29, 1.82) is 0 Å². The number of ketones is 1. The average molecular weight is 441 g/mol. The van der Waals surface area contributed by atoms with Gasteiger partial charge < -0.3 is 25.5 Å². The third-order valence-corrected chi connectivity index (χ3v) is 6.07. The van der Waals surface area contributed by atoms with Gasteiger partial charge >= 0.3 is 5.97 Å². The van der Waals surface area contributed by atoms with Gasteiger partial charge in [0.1, 0.15) is 23.7 Å². The number of carboxylic acid groups (broad SMARTS) is 1. The minimum Gasteiger partial charge on any atom is -0.479 e. The summed E-state index contributed by atoms with van der Waals surface area (Å²) in [7, 11) is 0. The summed E-state index contributed by atoms with van der Waals surface area (Å²) >= 11 is 2.14. The predicted octanol–water partition coefficient (Wildman–Crippen LogP) is -1.13. The lowest BCUT2D eigenvalue weighted by molar-refractivity contribution is -0.165. The summed E-state index contributed by atoms with van der Waals surface area (Å²) in [6, 6.07) is -2.56. The number of β-lactam (4-membered cyclic amide) rings is 1. The van der Waals surface area contributed by atoms with Crippen molar-refractivity contribution in [3.63, 3.8) is 0 Å². The fraction of sp³-hybridized carbons (Fsp3) is 0.400. The van der Waals surface area contributed by atoms with Gasteiger partial charge in [0.2, 0.25) is 12.3 Å². The van der Waals surface area contributed by atoms with E-state index in [1.165, 1.54) is 5.38 Å². The van der Waals surface area contributed by atoms with Crippen LogP contribution in [0.2, 0.25) is 0 Å². The number of nitrogens with zero attached hydrogens (tertiary/aromatic N) is 3. The number of carboxylic acids is 1. The Morgan fingerprint density at radius 2 is 2.24 bits per heavy atom. The number of oxime groups is 1. The number of carbonyl (C=O) groups is 5. The summed E-state index contributed by atoms with van der Waals surface area (Å²) < 4.78 is 0. The number of thioether (sulfide) groups is 1. The van der Waals surface area contributed by atoms with Crippen LogP contribution in [0.5, 0.6) is 0 Å². The first kappa shape index (κ1) is 20.7. The molecule has 1 aromatic rings. The summed E-state index contributed by atoms with van der Waals surface area (Å²) in [6.07, 6.45) is 0.435. The molecular weight excluding hydrogens is 426 g/mol. The molecule has 154 valence electrons. The maximum atomic E-state index is 12.7. The van der Waals surface area contributed by atoms with E-state index in [-0.39, 0.29) is 28.9 Å². The van der Waals surface area contributed by atoms with Crippen LogP contribution in [-0.2, 0) is 28.8 Å². The highest BCUT2D eigenvalue weighted by atomic mass is 32.2. The number of fused-ring (bicyclic) bond motifs is 1. The molecule has 2 unspecified atom stereocenters. The van der Waals surface area contributed by atoms with Crippen molar-refractivity contribution < 1.29 is 33.9 Å². The summed E-state index contributed by atoms with van der Waals surface area (Å²) in [5, 5.41) is 18.8. The molecule has 2 saturated heterocycles. The molecule has 0 spiro atoms. The molecule has 2 fully saturated rings. The quantitative estimate of drug-likeness (QED) is 0.149. The van der Waals surface area contributed by atoms with E-state index >= 15 is 0 Å². The number of aliphatic carboxylic acids is 1. The summed E-state index contributed by atoms with van der Waals surface area (Å²) in [5.74, 6) is -3.50. The van der Waals surface area contributed by atoms with Gasteiger partial charge in [-0.2, -0.15) is 0 Å². The average Bonchev–Trinajstić information content (AvgIpc) is 3.14. The van der Waals surface area contributed by atoms with E-state index in [2.05, 4.69) is 20.8 Å². The molecule has 3 rings (SSSR count). The number of carbonyl (C=O) groups excluding carboxylic acids is 4. The van der Waals surface area contributed by atoms with E-state index in [1.807, 2.05) is 0 Å². The van der Waals surface area contributed by atoms with E-state index in [0.717, 1.165) is 28.0 Å². The fourth-order valence-corrected chi connectivity index (χ4v) is 4.68. The van der Waals surface area contributed by atoms with Crippen molar-refractivity contribution in [2.24, 2.45) is 5.16 Å². The van der Waals surface area contributed by atoms with E-state index < -0.39 is 41.0 Å². The maximum absolute atomic E-state index is 12.7. The van der Waals surface area contributed by atoms with Crippen LogP contribution in [0.25, 0.3) is 0 Å². The Kier molecular flexibility index (Phi) is 6.12. The van der Waals surface area contributed by atoms with Crippen molar-refractivity contribution in [2.45, 2.75) is 24.4 Å². The Hall–Kier alpha value is -3.00. The lowest BCUT2D eigenvalue weighted by Gasteiger charge is -2.50. The van der Waals surface area contributed by atoms with Crippen LogP contribution in [0.15, 0.2) is 10.5 Å². The fourth-order valence-electron chi connectivity index (χ4n) is 2.77. The second kappa shape index (κ2) is 8.57. The Balaban J connectivity index is 1.76. The topological polar surface area (TPSA) is 167 Å². The minimum absolute atomic E-state index is 0.0789. The molecule has 1 aromatic heterocycles. The van der Waals surface area contributed by atoms with Gasteiger partial charge in [0.15, 0.2) is 22.7 Å². The van der Waals surface area contributed by atoms with Crippen molar-refractivity contribution in [3.05, 3.63) is 11.1 Å². The maximum Gasteiger partial charge on any atom is 0.334 e. The molecule has 3 atom stereocenters. The standard InChI is InChI=1S/C15H15N5O7S2/c1-2-27-19-8(6-3-29-15(17-6)16-5-21)11(23)18-9-12(24)20-10(14(25)26)7(22)4-28-13(9)20/h3,5,9-10,13H,2,4H2,1H3,(H,18,23)(H,25,26)(H,16,17,21)/t9?,10?,13-/m0/s1. The second-order valence-electron chi connectivity index (χ2n) is 5.76. The molecule has 3 N–H and O–H groups in total. The summed E-state index contributed by atoms with van der Waals surface area (Å²) in [6.45, 7) is 1.84. The zero-order valence-electron chi connectivity index (χ0n) is 14.9. The Labute approximate surface area is 171 Å². The SMILES string of the molecule is CCON=C(C(=O)NC1C(=O)N2C(C(=O)O)C(=O)CS[C@@H]12)c1csc(NC=O)n1. The van der Waals surface area contributed by atoms with Crippen LogP contribution >= 0.6 is 23.1 Å². The molecule has 0 aromatic carbocycles. The first-order chi connectivity index (χ1) is 13.9. The largest absolute Gasteiger partial charge is 0.479 e. The highest BCUT2D eigenvalue weighted by Gasteiger charge is 2.58. The number of amides is 3. The first-order valence-electron chi connectivity index (χ1n) is 8.25. The number of Topliss-reactive ketones (excluding diaryl/α,β-unsaturated/α-hetero) is 1. The molecule has 14 heteroatoms. The third-order valence-electron chi connectivity index (χ3n) is 4.01. The smallest absolute Gasteiger partial charge is 0.334 e. The Morgan fingerprint density at radius 1 is 1.48 bits per heavy atom. The number of hydrogen-bond donors (Lipinski definition) is 3. The molecule has 0 saturated carbocycles. The van der Waals surface area contributed by atoms with E-state index in [0.29, 0.717) is 6.41 Å². The predicted molar refractivity (Wildman–Crippen MR) is 101 cm³/mol. The number of hydrogen-bond acceptors (Lipinski definition) is 10. The van der Waals surface area contributed by atoms with Crippen LogP contribution in [0, 0.1) is 0 Å². The van der Waals surface area contributed by atoms with E-state index in [9.17, 15) is 29.1 Å². The van der Waals surface area contributed by atoms with Crippen LogP contribution in [0.4, 0.5) is 5.13 Å². The number of rotatable bonds is 8. The second-order valence-corrected chi connectivity index (χ2v) is 7.73. The van der Waals surface area contributed by atoms with Crippen molar-refractivity contribution in [2.75, 3.05) is 17.7 Å². The lowest BCUT2D eigenvalue weighted by Crippen LogP contribution is -2.76. The van der Waals surface area contributed by atoms with Crippen molar-refractivity contribution >= 4 is 63.9 Å². The highest BCUT2D eigenvalue weighted by Crippen LogP contribution is 2.36. The highest BCUT2D eigenvalue weighted by molar-refractivity contribution is 8.00. The molecule has 2 aliphatic heterocycles. The van der Waals surface area contributed by atoms with Gasteiger partial charge in [-0.15, -0.1) is 23.1 Å². The van der Waals surface area contributed by atoms with Crippen LogP contribution in [0.3, 0.4) is 0 Å². The number of nitrogens with one attached hydrogen (secondary N) is 2. The van der Waals surface area contributed by atoms with Crippen molar-refractivity contribution in [3.8, 4) is 0 Å². The lowest BCUT2D eigenvalue weighted by atomic mass is 10.00. The van der Waals surface area contributed by atoms with Crippen LogP contribution in [-0.4, -0.2) is 80.5 Å². The van der Waals surface area contributed by atoms with Crippen molar-refractivity contribution in [1.82, 2.24) is 15.2 Å². The minimum atomic E-state index is -1.55. The molecule has 0 aliphatic carbocycles. The molecule has 3 amide bonds. The molecule has 0 bridgehead atoms. The van der Waals surface area contributed by atoms with Gasteiger partial charge in [-0.05, 0) is 6.92 Å². The van der Waals surface area contributed by atoms with Gasteiger partial charge in [0.25, 0.3) is 5.91 Å². The Bertz CT molecular complexity index is 901. The van der Waals surface area contributed by atoms with Gasteiger partial charge in [-0.1, -0.05) is 5.16 Å². The molecular formula is C15H15N5O7S2. The molecule has 2 aliphatic rings. The molecule has 29 heavy (non-hydrogen) atoms. The van der Waals surface area contributed by atoms with Crippen LogP contribution in [0.1, 0.15) is 12.6 Å². The summed E-state index contributed by atoms with van der Waals surface area (Å²) in [5.41, 5.74) is -0.0798. The molecule has 3 heterocycles. The zero-order valence-corrected chi connectivity index (χ0v) is 16.5. The number of thiazole rings is 1. The summed E-state index contributed by atoms with van der Waals surface area (Å²) in [4.78, 5) is 68.7. The molecule has 12 nitrogen and oxygen atoms in total. The number of anilines is 1. The van der Waals surface area contributed by atoms with Crippen LogP contribution < -0.4 is 10.6 Å².